The number of likely N-dealkylation sites (tertiary alicyclic amines) is 2. The molecular weight excluding hydrogens is 214 g/mol. The number of rotatable bonds is 5. The molecule has 17 heavy (non-hydrogen) atoms. The maximum atomic E-state index is 11.7. The topological polar surface area (TPSA) is 49.6 Å². The van der Waals surface area contributed by atoms with Gasteiger partial charge in [-0.3, -0.25) is 4.79 Å². The van der Waals surface area contributed by atoms with Crippen molar-refractivity contribution in [3.63, 3.8) is 0 Å². The third-order valence-electron chi connectivity index (χ3n) is 3.98. The Morgan fingerprint density at radius 1 is 1.18 bits per heavy atom. The number of nitrogens with two attached hydrogens (primary N) is 1. The molecule has 1 atom stereocenters. The van der Waals surface area contributed by atoms with Crippen LogP contribution in [0.15, 0.2) is 0 Å². The number of amides is 1. The lowest BCUT2D eigenvalue weighted by Gasteiger charge is -2.27. The first-order valence-electron chi connectivity index (χ1n) is 7.00. The van der Waals surface area contributed by atoms with Gasteiger partial charge in [0.05, 0.1) is 0 Å². The zero-order valence-electron chi connectivity index (χ0n) is 10.7. The van der Waals surface area contributed by atoms with Crippen LogP contribution in [0.4, 0.5) is 0 Å². The molecule has 0 bridgehead atoms. The van der Waals surface area contributed by atoms with Crippen molar-refractivity contribution in [2.24, 2.45) is 11.7 Å². The summed E-state index contributed by atoms with van der Waals surface area (Å²) in [4.78, 5) is 16.2. The number of nitrogens with zero attached hydrogens (tertiary/aromatic N) is 2. The van der Waals surface area contributed by atoms with E-state index >= 15 is 0 Å². The van der Waals surface area contributed by atoms with Crippen molar-refractivity contribution in [3.8, 4) is 0 Å². The lowest BCUT2D eigenvalue weighted by Crippen LogP contribution is -2.34. The molecule has 4 nitrogen and oxygen atoms in total. The molecular formula is C13H25N3O. The predicted octanol–water partition coefficient (Wildman–Crippen LogP) is 0.670. The first kappa shape index (κ1) is 12.8. The van der Waals surface area contributed by atoms with E-state index in [1.54, 1.807) is 0 Å². The van der Waals surface area contributed by atoms with E-state index < -0.39 is 0 Å². The van der Waals surface area contributed by atoms with E-state index in [0.29, 0.717) is 24.8 Å². The first-order valence-corrected chi connectivity index (χ1v) is 7.00. The number of hydrogen-bond donors (Lipinski definition) is 1. The van der Waals surface area contributed by atoms with Crippen molar-refractivity contribution in [3.05, 3.63) is 0 Å². The van der Waals surface area contributed by atoms with Gasteiger partial charge in [-0.15, -0.1) is 0 Å². The van der Waals surface area contributed by atoms with Crippen LogP contribution in [0, 0.1) is 5.92 Å². The highest BCUT2D eigenvalue weighted by Crippen LogP contribution is 2.17. The Labute approximate surface area is 104 Å². The average molecular weight is 239 g/mol. The minimum Gasteiger partial charge on any atom is -0.342 e. The SMILES string of the molecule is NCC1CC(=O)N(CCCN2CCCCC2)C1. The minimum atomic E-state index is 0.305. The number of carbonyl (C=O) groups is 1. The van der Waals surface area contributed by atoms with Crippen LogP contribution in [0.1, 0.15) is 32.1 Å². The lowest BCUT2D eigenvalue weighted by molar-refractivity contribution is -0.127. The van der Waals surface area contributed by atoms with E-state index in [0.717, 1.165) is 26.1 Å². The molecule has 2 saturated heterocycles. The second kappa shape index (κ2) is 6.36. The van der Waals surface area contributed by atoms with Crippen LogP contribution in [0.3, 0.4) is 0 Å². The Morgan fingerprint density at radius 2 is 1.94 bits per heavy atom. The van der Waals surface area contributed by atoms with Crippen LogP contribution in [-0.2, 0) is 4.79 Å². The molecule has 2 aliphatic heterocycles. The Hall–Kier alpha value is -0.610. The molecule has 2 aliphatic rings. The van der Waals surface area contributed by atoms with Crippen LogP contribution < -0.4 is 5.73 Å². The van der Waals surface area contributed by atoms with E-state index in [4.69, 9.17) is 5.73 Å². The summed E-state index contributed by atoms with van der Waals surface area (Å²) in [6.45, 7) is 6.10. The van der Waals surface area contributed by atoms with Crippen molar-refractivity contribution in [1.82, 2.24) is 9.80 Å². The summed E-state index contributed by atoms with van der Waals surface area (Å²) in [6, 6.07) is 0. The molecule has 2 N–H and O–H groups in total. The molecule has 0 aromatic carbocycles. The molecule has 0 radical (unpaired) electrons. The average Bonchev–Trinajstić information content (AvgIpc) is 2.72. The normalized spacial score (nSPS) is 26.8. The number of hydrogen-bond acceptors (Lipinski definition) is 3. The predicted molar refractivity (Wildman–Crippen MR) is 68.6 cm³/mol. The van der Waals surface area contributed by atoms with E-state index in [2.05, 4.69) is 4.90 Å². The molecule has 0 aromatic heterocycles. The Bertz CT molecular complexity index is 251. The fourth-order valence-electron chi connectivity index (χ4n) is 2.90. The van der Waals surface area contributed by atoms with Crippen molar-refractivity contribution >= 4 is 5.91 Å². The van der Waals surface area contributed by atoms with Gasteiger partial charge >= 0.3 is 0 Å². The Morgan fingerprint density at radius 3 is 2.59 bits per heavy atom. The number of piperidine rings is 1. The van der Waals surface area contributed by atoms with Crippen molar-refractivity contribution < 1.29 is 4.79 Å². The van der Waals surface area contributed by atoms with Gasteiger partial charge in [-0.2, -0.15) is 0 Å². The van der Waals surface area contributed by atoms with Gasteiger partial charge in [0, 0.05) is 19.5 Å². The molecule has 0 aromatic rings. The maximum absolute atomic E-state index is 11.7. The van der Waals surface area contributed by atoms with E-state index in [1.165, 1.54) is 32.4 Å². The number of carbonyl (C=O) groups excluding carboxylic acids is 1. The van der Waals surface area contributed by atoms with Gasteiger partial charge < -0.3 is 15.5 Å². The highest BCUT2D eigenvalue weighted by molar-refractivity contribution is 5.78. The summed E-state index contributed by atoms with van der Waals surface area (Å²) < 4.78 is 0. The fourth-order valence-corrected chi connectivity index (χ4v) is 2.90. The van der Waals surface area contributed by atoms with Crippen LogP contribution in [0.5, 0.6) is 0 Å². The van der Waals surface area contributed by atoms with Gasteiger partial charge in [0.2, 0.25) is 5.91 Å². The quantitative estimate of drug-likeness (QED) is 0.767. The summed E-state index contributed by atoms with van der Waals surface area (Å²) in [5.74, 6) is 0.705. The van der Waals surface area contributed by atoms with Crippen molar-refractivity contribution in [2.45, 2.75) is 32.1 Å². The monoisotopic (exact) mass is 239 g/mol. The molecule has 2 fully saturated rings. The van der Waals surface area contributed by atoms with Gasteiger partial charge in [-0.05, 0) is 51.4 Å². The molecule has 1 unspecified atom stereocenters. The van der Waals surface area contributed by atoms with Gasteiger partial charge in [-0.1, -0.05) is 6.42 Å². The van der Waals surface area contributed by atoms with Gasteiger partial charge in [0.1, 0.15) is 0 Å². The summed E-state index contributed by atoms with van der Waals surface area (Å²) in [5, 5.41) is 0. The van der Waals surface area contributed by atoms with Crippen molar-refractivity contribution in [2.75, 3.05) is 39.3 Å². The minimum absolute atomic E-state index is 0.305. The largest absolute Gasteiger partial charge is 0.342 e. The van der Waals surface area contributed by atoms with Crippen LogP contribution in [-0.4, -0.2) is 55.0 Å². The van der Waals surface area contributed by atoms with Gasteiger partial charge in [-0.25, -0.2) is 0 Å². The first-order chi connectivity index (χ1) is 8.29. The van der Waals surface area contributed by atoms with Gasteiger partial charge in [0.25, 0.3) is 0 Å². The maximum Gasteiger partial charge on any atom is 0.222 e. The highest BCUT2D eigenvalue weighted by atomic mass is 16.2. The standard InChI is InChI=1S/C13H25N3O/c14-10-12-9-13(17)16(11-12)8-4-7-15-5-2-1-3-6-15/h12H,1-11,14H2. The smallest absolute Gasteiger partial charge is 0.222 e. The molecule has 0 saturated carbocycles. The highest BCUT2D eigenvalue weighted by Gasteiger charge is 2.27. The van der Waals surface area contributed by atoms with Crippen LogP contribution in [0.25, 0.3) is 0 Å². The third-order valence-corrected chi connectivity index (χ3v) is 3.98. The van der Waals surface area contributed by atoms with E-state index in [9.17, 15) is 4.79 Å². The third kappa shape index (κ3) is 3.68. The molecule has 2 rings (SSSR count). The summed E-state index contributed by atoms with van der Waals surface area (Å²) in [5.41, 5.74) is 5.62. The lowest BCUT2D eigenvalue weighted by atomic mass is 10.1. The Balaban J connectivity index is 1.63. The van der Waals surface area contributed by atoms with Crippen molar-refractivity contribution in [1.29, 1.82) is 0 Å². The van der Waals surface area contributed by atoms with E-state index in [1.807, 2.05) is 4.90 Å². The second-order valence-corrected chi connectivity index (χ2v) is 5.40. The molecule has 0 aliphatic carbocycles. The molecule has 2 heterocycles. The van der Waals surface area contributed by atoms with Crippen LogP contribution in [0.2, 0.25) is 0 Å². The van der Waals surface area contributed by atoms with E-state index in [-0.39, 0.29) is 0 Å². The summed E-state index contributed by atoms with van der Waals surface area (Å²) in [6.07, 6.45) is 5.86. The zero-order valence-corrected chi connectivity index (χ0v) is 10.7. The summed E-state index contributed by atoms with van der Waals surface area (Å²) in [7, 11) is 0. The zero-order chi connectivity index (χ0) is 12.1. The molecule has 1 amide bonds. The fraction of sp³-hybridized carbons (Fsp3) is 0.923. The molecule has 4 heteroatoms. The Kier molecular flexibility index (Phi) is 4.80. The molecule has 98 valence electrons. The summed E-state index contributed by atoms with van der Waals surface area (Å²) >= 11 is 0. The van der Waals surface area contributed by atoms with Crippen LogP contribution >= 0.6 is 0 Å². The molecule has 0 spiro atoms. The van der Waals surface area contributed by atoms with Gasteiger partial charge in [0.15, 0.2) is 0 Å². The second-order valence-electron chi connectivity index (χ2n) is 5.40.